The molecule has 0 aromatic heterocycles. The molecule has 10 heteroatoms. The van der Waals surface area contributed by atoms with Crippen LogP contribution in [0.5, 0.6) is 11.5 Å². The third-order valence-electron chi connectivity index (χ3n) is 4.94. The highest BCUT2D eigenvalue weighted by molar-refractivity contribution is 5.95. The molecule has 40 heavy (non-hydrogen) atoms. The van der Waals surface area contributed by atoms with E-state index in [2.05, 4.69) is 20.6 Å². The Labute approximate surface area is 233 Å². The van der Waals surface area contributed by atoms with Crippen molar-refractivity contribution in [2.75, 3.05) is 10.6 Å². The molecule has 3 aromatic rings. The largest absolute Gasteiger partial charge is 0.507 e. The number of phenolic OH excluding ortho intramolecular Hbond substituents is 2. The molecule has 0 aliphatic heterocycles. The number of nitrogens with one attached hydrogen (secondary N) is 2. The second-order valence-electron chi connectivity index (χ2n) is 10.8. The molecule has 3 aromatic carbocycles. The number of aliphatic imine (C=N–C) groups is 2. The molecule has 0 atom stereocenters. The molecule has 210 valence electrons. The summed E-state index contributed by atoms with van der Waals surface area (Å²) in [6, 6.07) is 16.4. The van der Waals surface area contributed by atoms with Gasteiger partial charge in [0.25, 0.3) is 0 Å². The van der Waals surface area contributed by atoms with E-state index in [9.17, 15) is 19.8 Å². The lowest BCUT2D eigenvalue weighted by Gasteiger charge is -2.20. The first-order valence-electron chi connectivity index (χ1n) is 12.5. The van der Waals surface area contributed by atoms with E-state index in [-0.39, 0.29) is 22.6 Å². The monoisotopic (exact) mass is 546 g/mol. The van der Waals surface area contributed by atoms with E-state index in [1.807, 2.05) is 0 Å². The van der Waals surface area contributed by atoms with Crippen molar-refractivity contribution in [3.05, 3.63) is 71.8 Å². The second-order valence-corrected chi connectivity index (χ2v) is 10.8. The molecule has 10 nitrogen and oxygen atoms in total. The van der Waals surface area contributed by atoms with Crippen molar-refractivity contribution in [2.45, 2.75) is 52.7 Å². The Hall–Kier alpha value is -4.86. The van der Waals surface area contributed by atoms with Crippen LogP contribution in [-0.2, 0) is 9.47 Å². The number of hydrogen-bond donors (Lipinski definition) is 4. The number of nitrogens with zero attached hydrogens (tertiary/aromatic N) is 2. The van der Waals surface area contributed by atoms with Crippen LogP contribution in [0.15, 0.2) is 70.6 Å². The van der Waals surface area contributed by atoms with Crippen LogP contribution in [0.4, 0.5) is 32.3 Å². The summed E-state index contributed by atoms with van der Waals surface area (Å²) in [5.41, 5.74) is 0.848. The van der Waals surface area contributed by atoms with Gasteiger partial charge in [0.15, 0.2) is 0 Å². The Morgan fingerprint density at radius 3 is 1.38 bits per heavy atom. The fourth-order valence-electron chi connectivity index (χ4n) is 3.31. The molecule has 0 saturated heterocycles. The molecule has 2 amide bonds. The molecule has 0 bridgehead atoms. The molecule has 3 rings (SSSR count). The smallest absolute Gasteiger partial charge is 0.412 e. The van der Waals surface area contributed by atoms with Gasteiger partial charge >= 0.3 is 12.2 Å². The normalized spacial score (nSPS) is 11.9. The van der Waals surface area contributed by atoms with Crippen molar-refractivity contribution in [3.63, 3.8) is 0 Å². The highest BCUT2D eigenvalue weighted by Gasteiger charge is 2.18. The van der Waals surface area contributed by atoms with Crippen LogP contribution in [0.2, 0.25) is 0 Å². The van der Waals surface area contributed by atoms with E-state index < -0.39 is 23.4 Å². The molecule has 0 heterocycles. The Morgan fingerprint density at radius 1 is 0.675 bits per heavy atom. The van der Waals surface area contributed by atoms with Gasteiger partial charge in [0.2, 0.25) is 0 Å². The van der Waals surface area contributed by atoms with Gasteiger partial charge in [0.05, 0.1) is 22.7 Å². The standard InChI is InChI=1S/C30H34N4O6/c1-29(2,3)39-27(37)33-23-13-9-7-11-21(23)31-17-19-15-26(36)20(16-25(19)35)18-32-22-12-8-10-14-24(22)34-28(38)40-30(4,5)6/h7-18,35-36H,1-6H3,(H,33,37)(H,34,38). The average Bonchev–Trinajstić information content (AvgIpc) is 2.82. The number of anilines is 2. The summed E-state index contributed by atoms with van der Waals surface area (Å²) in [5, 5.41) is 26.5. The second kappa shape index (κ2) is 12.3. The number of phenols is 2. The van der Waals surface area contributed by atoms with Crippen molar-refractivity contribution in [3.8, 4) is 11.5 Å². The predicted molar refractivity (Wildman–Crippen MR) is 157 cm³/mol. The molecule has 0 aliphatic rings. The van der Waals surface area contributed by atoms with Gasteiger partial charge in [0.1, 0.15) is 22.7 Å². The van der Waals surface area contributed by atoms with Crippen LogP contribution < -0.4 is 10.6 Å². The number of amides is 2. The van der Waals surface area contributed by atoms with Crippen molar-refractivity contribution in [1.82, 2.24) is 0 Å². The van der Waals surface area contributed by atoms with Crippen LogP contribution >= 0.6 is 0 Å². The third-order valence-corrected chi connectivity index (χ3v) is 4.94. The zero-order chi connectivity index (χ0) is 29.5. The van der Waals surface area contributed by atoms with Gasteiger partial charge in [-0.05, 0) is 77.9 Å². The number of ether oxygens (including phenoxy) is 2. The third kappa shape index (κ3) is 9.16. The zero-order valence-electron chi connectivity index (χ0n) is 23.4. The summed E-state index contributed by atoms with van der Waals surface area (Å²) in [6.45, 7) is 10.6. The molecule has 0 radical (unpaired) electrons. The summed E-state index contributed by atoms with van der Waals surface area (Å²) in [5.74, 6) is -0.304. The molecule has 0 aliphatic carbocycles. The number of aromatic hydroxyl groups is 2. The fraction of sp³-hybridized carbons (Fsp3) is 0.267. The first kappa shape index (κ1) is 29.7. The van der Waals surface area contributed by atoms with Crippen LogP contribution in [0.25, 0.3) is 0 Å². The van der Waals surface area contributed by atoms with E-state index in [0.29, 0.717) is 22.7 Å². The lowest BCUT2D eigenvalue weighted by atomic mass is 10.1. The summed E-state index contributed by atoms with van der Waals surface area (Å²) in [4.78, 5) is 33.1. The zero-order valence-corrected chi connectivity index (χ0v) is 23.4. The summed E-state index contributed by atoms with van der Waals surface area (Å²) in [6.07, 6.45) is 1.49. The molecule has 4 N–H and O–H groups in total. The summed E-state index contributed by atoms with van der Waals surface area (Å²) >= 11 is 0. The molecule has 0 saturated carbocycles. The van der Waals surface area contributed by atoms with Crippen LogP contribution in [0.1, 0.15) is 52.7 Å². The summed E-state index contributed by atoms with van der Waals surface area (Å²) < 4.78 is 10.6. The quantitative estimate of drug-likeness (QED) is 0.189. The Kier molecular flexibility index (Phi) is 9.15. The van der Waals surface area contributed by atoms with Gasteiger partial charge in [0, 0.05) is 23.6 Å². The minimum absolute atomic E-state index is 0.152. The fourth-order valence-corrected chi connectivity index (χ4v) is 3.31. The lowest BCUT2D eigenvalue weighted by Crippen LogP contribution is -2.27. The molecule has 0 fully saturated rings. The van der Waals surface area contributed by atoms with Crippen molar-refractivity contribution in [2.24, 2.45) is 9.98 Å². The maximum atomic E-state index is 12.2. The summed E-state index contributed by atoms with van der Waals surface area (Å²) in [7, 11) is 0. The van der Waals surface area contributed by atoms with Crippen LogP contribution in [0, 0.1) is 0 Å². The van der Waals surface area contributed by atoms with E-state index in [0.717, 1.165) is 0 Å². The van der Waals surface area contributed by atoms with Gasteiger partial charge < -0.3 is 19.7 Å². The van der Waals surface area contributed by atoms with Gasteiger partial charge in [-0.3, -0.25) is 20.6 Å². The van der Waals surface area contributed by atoms with Crippen molar-refractivity contribution in [1.29, 1.82) is 0 Å². The van der Waals surface area contributed by atoms with Gasteiger partial charge in [-0.2, -0.15) is 0 Å². The Balaban J connectivity index is 1.78. The SMILES string of the molecule is CC(C)(C)OC(=O)Nc1ccccc1N=Cc1cc(O)c(C=Nc2ccccc2NC(=O)OC(C)(C)C)cc1O. The molecular weight excluding hydrogens is 512 g/mol. The van der Waals surface area contributed by atoms with Gasteiger partial charge in [-0.25, -0.2) is 9.59 Å². The van der Waals surface area contributed by atoms with Gasteiger partial charge in [-0.15, -0.1) is 0 Å². The lowest BCUT2D eigenvalue weighted by molar-refractivity contribution is 0.0624. The van der Waals surface area contributed by atoms with Crippen molar-refractivity contribution < 1.29 is 29.3 Å². The molecule has 0 spiro atoms. The Morgan fingerprint density at radius 2 is 1.02 bits per heavy atom. The number of carbonyl (C=O) groups excluding carboxylic acids is 2. The van der Waals surface area contributed by atoms with E-state index in [4.69, 9.17) is 9.47 Å². The highest BCUT2D eigenvalue weighted by atomic mass is 16.6. The number of benzene rings is 3. The predicted octanol–water partition coefficient (Wildman–Crippen LogP) is 7.29. The van der Waals surface area contributed by atoms with E-state index in [1.54, 1.807) is 90.1 Å². The first-order chi connectivity index (χ1) is 18.7. The minimum Gasteiger partial charge on any atom is -0.507 e. The van der Waals surface area contributed by atoms with E-state index in [1.165, 1.54) is 24.6 Å². The van der Waals surface area contributed by atoms with Crippen molar-refractivity contribution >= 4 is 47.4 Å². The number of carbonyl (C=O) groups is 2. The highest BCUT2D eigenvalue weighted by Crippen LogP contribution is 2.30. The average molecular weight is 547 g/mol. The number of hydrogen-bond acceptors (Lipinski definition) is 8. The Bertz CT molecular complexity index is 1330. The molecular formula is C30H34N4O6. The molecule has 0 unspecified atom stereocenters. The van der Waals surface area contributed by atoms with Crippen LogP contribution in [0.3, 0.4) is 0 Å². The number of para-hydroxylation sites is 4. The maximum Gasteiger partial charge on any atom is 0.412 e. The number of rotatable bonds is 6. The van der Waals surface area contributed by atoms with Gasteiger partial charge in [-0.1, -0.05) is 24.3 Å². The maximum absolute atomic E-state index is 12.2. The minimum atomic E-state index is -0.659. The first-order valence-corrected chi connectivity index (χ1v) is 12.5. The van der Waals surface area contributed by atoms with E-state index >= 15 is 0 Å². The topological polar surface area (TPSA) is 142 Å². The van der Waals surface area contributed by atoms with Crippen LogP contribution in [-0.4, -0.2) is 46.0 Å².